The highest BCUT2D eigenvalue weighted by atomic mass is 19.1. The lowest BCUT2D eigenvalue weighted by atomic mass is 9.85. The number of nitrogens with zero attached hydrogens (tertiary/aromatic N) is 3. The summed E-state index contributed by atoms with van der Waals surface area (Å²) >= 11 is 0. The highest BCUT2D eigenvalue weighted by Crippen LogP contribution is 2.34. The molecule has 0 fully saturated rings. The van der Waals surface area contributed by atoms with Gasteiger partial charge in [0, 0.05) is 55.2 Å². The maximum absolute atomic E-state index is 13.5. The number of methoxy groups -OCH3 is 1. The van der Waals surface area contributed by atoms with Crippen molar-refractivity contribution in [1.82, 2.24) is 14.7 Å². The van der Waals surface area contributed by atoms with Crippen LogP contribution in [0.1, 0.15) is 29.2 Å². The van der Waals surface area contributed by atoms with Crippen LogP contribution < -0.4 is 5.32 Å². The summed E-state index contributed by atoms with van der Waals surface area (Å²) in [6.45, 7) is 4.33. The van der Waals surface area contributed by atoms with E-state index in [1.165, 1.54) is 24.1 Å². The van der Waals surface area contributed by atoms with Gasteiger partial charge >= 0.3 is 0 Å². The SMILES string of the molecule is COC[C@@H](O)Cn1nc(-c2ccc(C)c(NC(=O)C3=CN(C)C(=O)C[C@H]3c3ccc(F)cc3)c2)cc1C. The largest absolute Gasteiger partial charge is 0.389 e. The number of carbonyl (C=O) groups excluding carboxylic acids is 2. The fourth-order valence-corrected chi connectivity index (χ4v) is 4.40. The van der Waals surface area contributed by atoms with Gasteiger partial charge in [0.1, 0.15) is 5.82 Å². The second kappa shape index (κ2) is 11.1. The smallest absolute Gasteiger partial charge is 0.253 e. The number of aromatic nitrogens is 2. The Hall–Kier alpha value is -3.82. The molecule has 0 radical (unpaired) electrons. The van der Waals surface area contributed by atoms with Crippen LogP contribution in [0, 0.1) is 19.7 Å². The molecule has 4 rings (SSSR count). The Balaban J connectivity index is 1.59. The molecule has 2 amide bonds. The minimum absolute atomic E-state index is 0.117. The van der Waals surface area contributed by atoms with E-state index in [-0.39, 0.29) is 30.7 Å². The third-order valence-electron chi connectivity index (χ3n) is 6.52. The molecular weight excluding hydrogens is 475 g/mol. The number of hydrogen-bond donors (Lipinski definition) is 2. The van der Waals surface area contributed by atoms with E-state index in [1.54, 1.807) is 30.1 Å². The lowest BCUT2D eigenvalue weighted by molar-refractivity contribution is -0.128. The Morgan fingerprint density at radius 3 is 2.65 bits per heavy atom. The molecule has 0 unspecified atom stereocenters. The van der Waals surface area contributed by atoms with E-state index in [4.69, 9.17) is 4.74 Å². The predicted molar refractivity (Wildman–Crippen MR) is 138 cm³/mol. The molecule has 2 heterocycles. The molecular formula is C28H31FN4O4. The molecule has 37 heavy (non-hydrogen) atoms. The first kappa shape index (κ1) is 26.2. The Bertz CT molecular complexity index is 1330. The van der Waals surface area contributed by atoms with Gasteiger partial charge < -0.3 is 20.1 Å². The van der Waals surface area contributed by atoms with Crippen LogP contribution >= 0.6 is 0 Å². The number of aliphatic hydroxyl groups is 1. The van der Waals surface area contributed by atoms with Crippen molar-refractivity contribution in [3.63, 3.8) is 0 Å². The van der Waals surface area contributed by atoms with E-state index >= 15 is 0 Å². The van der Waals surface area contributed by atoms with Crippen molar-refractivity contribution in [2.75, 3.05) is 26.1 Å². The number of benzene rings is 2. The van der Waals surface area contributed by atoms with Crippen molar-refractivity contribution in [2.45, 2.75) is 38.8 Å². The van der Waals surface area contributed by atoms with Crippen molar-refractivity contribution < 1.29 is 23.8 Å². The van der Waals surface area contributed by atoms with E-state index in [1.807, 2.05) is 38.1 Å². The first-order chi connectivity index (χ1) is 17.7. The van der Waals surface area contributed by atoms with Gasteiger partial charge in [-0.05, 0) is 49.2 Å². The molecule has 2 N–H and O–H groups in total. The first-order valence-electron chi connectivity index (χ1n) is 12.0. The molecule has 1 aliphatic rings. The summed E-state index contributed by atoms with van der Waals surface area (Å²) in [6, 6.07) is 13.5. The number of rotatable bonds is 8. The molecule has 1 aliphatic heterocycles. The van der Waals surface area contributed by atoms with Crippen molar-refractivity contribution in [3.8, 4) is 11.3 Å². The van der Waals surface area contributed by atoms with Crippen LogP contribution in [0.5, 0.6) is 0 Å². The molecule has 1 aromatic heterocycles. The summed E-state index contributed by atoms with van der Waals surface area (Å²) < 4.78 is 20.2. The van der Waals surface area contributed by atoms with Crippen LogP contribution in [0.2, 0.25) is 0 Å². The zero-order chi connectivity index (χ0) is 26.7. The van der Waals surface area contributed by atoms with Crippen LogP contribution in [-0.2, 0) is 20.9 Å². The second-order valence-electron chi connectivity index (χ2n) is 9.34. The number of aliphatic hydroxyl groups excluding tert-OH is 1. The monoisotopic (exact) mass is 506 g/mol. The highest BCUT2D eigenvalue weighted by molar-refractivity contribution is 6.07. The van der Waals surface area contributed by atoms with Gasteiger partial charge in [-0.1, -0.05) is 24.3 Å². The fourth-order valence-electron chi connectivity index (χ4n) is 4.40. The second-order valence-corrected chi connectivity index (χ2v) is 9.34. The number of hydrogen-bond acceptors (Lipinski definition) is 5. The zero-order valence-corrected chi connectivity index (χ0v) is 21.4. The third kappa shape index (κ3) is 5.95. The minimum atomic E-state index is -0.674. The molecule has 0 bridgehead atoms. The Kier molecular flexibility index (Phi) is 7.85. The quantitative estimate of drug-likeness (QED) is 0.485. The topological polar surface area (TPSA) is 96.7 Å². The number of carbonyl (C=O) groups is 2. The van der Waals surface area contributed by atoms with Gasteiger partial charge in [-0.2, -0.15) is 5.10 Å². The molecule has 3 aromatic rings. The summed E-state index contributed by atoms with van der Waals surface area (Å²) in [7, 11) is 3.15. The molecule has 2 atom stereocenters. The van der Waals surface area contributed by atoms with Gasteiger partial charge in [0.15, 0.2) is 0 Å². The van der Waals surface area contributed by atoms with Gasteiger partial charge in [-0.3, -0.25) is 14.3 Å². The lowest BCUT2D eigenvalue weighted by Crippen LogP contribution is -2.33. The Labute approximate surface area is 215 Å². The first-order valence-corrected chi connectivity index (χ1v) is 12.0. The van der Waals surface area contributed by atoms with E-state index in [9.17, 15) is 19.1 Å². The van der Waals surface area contributed by atoms with Crippen molar-refractivity contribution in [3.05, 3.63) is 82.9 Å². The average molecular weight is 507 g/mol. The number of aryl methyl sites for hydroxylation is 2. The van der Waals surface area contributed by atoms with Crippen LogP contribution in [0.4, 0.5) is 10.1 Å². The zero-order valence-electron chi connectivity index (χ0n) is 21.4. The maximum atomic E-state index is 13.5. The van der Waals surface area contributed by atoms with Crippen LogP contribution in [-0.4, -0.2) is 58.5 Å². The Morgan fingerprint density at radius 1 is 1.22 bits per heavy atom. The number of halogens is 1. The Morgan fingerprint density at radius 2 is 1.95 bits per heavy atom. The highest BCUT2D eigenvalue weighted by Gasteiger charge is 2.31. The average Bonchev–Trinajstić information content (AvgIpc) is 3.22. The normalized spacial score (nSPS) is 16.5. The molecule has 2 aromatic carbocycles. The fraction of sp³-hybridized carbons (Fsp3) is 0.321. The van der Waals surface area contributed by atoms with Gasteiger partial charge in [0.25, 0.3) is 5.91 Å². The summed E-state index contributed by atoms with van der Waals surface area (Å²) in [6.07, 6.45) is 0.990. The van der Waals surface area contributed by atoms with Crippen LogP contribution in [0.15, 0.2) is 60.3 Å². The lowest BCUT2D eigenvalue weighted by Gasteiger charge is -2.28. The predicted octanol–water partition coefficient (Wildman–Crippen LogP) is 3.78. The number of amides is 2. The molecule has 0 saturated carbocycles. The van der Waals surface area contributed by atoms with E-state index < -0.39 is 12.0 Å². The van der Waals surface area contributed by atoms with Crippen molar-refractivity contribution >= 4 is 17.5 Å². The summed E-state index contributed by atoms with van der Waals surface area (Å²) in [5.74, 6) is -1.31. The van der Waals surface area contributed by atoms with Crippen LogP contribution in [0.25, 0.3) is 11.3 Å². The van der Waals surface area contributed by atoms with Crippen LogP contribution in [0.3, 0.4) is 0 Å². The summed E-state index contributed by atoms with van der Waals surface area (Å²) in [5.41, 5.74) is 5.01. The molecule has 8 nitrogen and oxygen atoms in total. The molecule has 194 valence electrons. The molecule has 0 aliphatic carbocycles. The van der Waals surface area contributed by atoms with Gasteiger partial charge in [0.2, 0.25) is 5.91 Å². The molecule has 9 heteroatoms. The summed E-state index contributed by atoms with van der Waals surface area (Å²) in [4.78, 5) is 27.3. The van der Waals surface area contributed by atoms with Gasteiger partial charge in [-0.25, -0.2) is 4.39 Å². The van der Waals surface area contributed by atoms with Gasteiger partial charge in [-0.15, -0.1) is 0 Å². The summed E-state index contributed by atoms with van der Waals surface area (Å²) in [5, 5.41) is 17.7. The van der Waals surface area contributed by atoms with E-state index in [0.29, 0.717) is 29.1 Å². The minimum Gasteiger partial charge on any atom is -0.389 e. The van der Waals surface area contributed by atoms with E-state index in [0.717, 1.165) is 16.8 Å². The standard InChI is InChI=1S/C28H31FN4O4/c1-17-5-6-20(26-11-18(2)33(31-26)14-22(34)16-37-4)12-25(17)30-28(36)24-15-32(3)27(35)13-23(24)19-7-9-21(29)10-8-19/h5-12,15,22-23,34H,13-14,16H2,1-4H3,(H,30,36)/t22-,23-/m0/s1. The van der Waals surface area contributed by atoms with Crippen molar-refractivity contribution in [1.29, 1.82) is 0 Å². The van der Waals surface area contributed by atoms with Crippen molar-refractivity contribution in [2.24, 2.45) is 0 Å². The number of ether oxygens (including phenoxy) is 1. The molecule has 0 spiro atoms. The maximum Gasteiger partial charge on any atom is 0.253 e. The molecule has 0 saturated heterocycles. The third-order valence-corrected chi connectivity index (χ3v) is 6.52. The van der Waals surface area contributed by atoms with Gasteiger partial charge in [0.05, 0.1) is 24.9 Å². The number of anilines is 1. The number of nitrogens with one attached hydrogen (secondary N) is 1. The van der Waals surface area contributed by atoms with E-state index in [2.05, 4.69) is 10.4 Å².